The molecule has 0 bridgehead atoms. The van der Waals surface area contributed by atoms with E-state index in [2.05, 4.69) is 39.8 Å². The van der Waals surface area contributed by atoms with Crippen molar-refractivity contribution in [2.45, 2.75) is 84.7 Å². The molecule has 0 amide bonds. The number of esters is 1. The lowest BCUT2D eigenvalue weighted by Gasteiger charge is -2.44. The molecule has 2 unspecified atom stereocenters. The number of benzene rings is 1. The second kappa shape index (κ2) is 7.46. The first-order valence-electron chi connectivity index (χ1n) is 10.1. The third-order valence-corrected chi connectivity index (χ3v) is 5.77. The minimum Gasteiger partial charge on any atom is -0.486 e. The normalized spacial score (nSPS) is 23.3. The zero-order valence-corrected chi connectivity index (χ0v) is 16.9. The lowest BCUT2D eigenvalue weighted by atomic mass is 9.68. The molecule has 2 atom stereocenters. The third-order valence-electron chi connectivity index (χ3n) is 5.77. The summed E-state index contributed by atoms with van der Waals surface area (Å²) in [7, 11) is 0. The van der Waals surface area contributed by atoms with E-state index in [1.54, 1.807) is 0 Å². The van der Waals surface area contributed by atoms with Crippen molar-refractivity contribution in [1.29, 1.82) is 0 Å². The van der Waals surface area contributed by atoms with Crippen LogP contribution >= 0.6 is 0 Å². The Morgan fingerprint density at radius 3 is 2.77 bits per heavy atom. The average molecular weight is 357 g/mol. The van der Waals surface area contributed by atoms with Gasteiger partial charge in [0.2, 0.25) is 0 Å². The van der Waals surface area contributed by atoms with Crippen LogP contribution in [0.3, 0.4) is 0 Å². The molecule has 1 aliphatic carbocycles. The number of ether oxygens (including phenoxy) is 2. The highest BCUT2D eigenvalue weighted by Gasteiger charge is 2.43. The molecule has 142 valence electrons. The van der Waals surface area contributed by atoms with Crippen molar-refractivity contribution < 1.29 is 14.3 Å². The Kier molecular flexibility index (Phi) is 5.45. The highest BCUT2D eigenvalue weighted by molar-refractivity contribution is 5.71. The Balaban J connectivity index is 2.05. The maximum atomic E-state index is 11.7. The van der Waals surface area contributed by atoms with Crippen molar-refractivity contribution in [3.05, 3.63) is 34.9 Å². The molecule has 1 heterocycles. The molecule has 2 aliphatic rings. The Labute approximate surface area is 157 Å². The summed E-state index contributed by atoms with van der Waals surface area (Å²) < 4.78 is 12.1. The largest absolute Gasteiger partial charge is 0.486 e. The van der Waals surface area contributed by atoms with Gasteiger partial charge in [0.15, 0.2) is 0 Å². The van der Waals surface area contributed by atoms with Gasteiger partial charge in [0.05, 0.1) is 0 Å². The van der Waals surface area contributed by atoms with Crippen molar-refractivity contribution >= 4 is 5.97 Å². The van der Waals surface area contributed by atoms with Crippen LogP contribution in [0, 0.1) is 5.92 Å². The molecular formula is C23H32O3. The summed E-state index contributed by atoms with van der Waals surface area (Å²) in [6.07, 6.45) is 9.15. The fourth-order valence-corrected chi connectivity index (χ4v) is 4.43. The van der Waals surface area contributed by atoms with Gasteiger partial charge in [-0.3, -0.25) is 4.79 Å². The van der Waals surface area contributed by atoms with E-state index in [1.807, 2.05) is 6.07 Å². The van der Waals surface area contributed by atoms with Gasteiger partial charge in [-0.15, -0.1) is 0 Å². The van der Waals surface area contributed by atoms with Crippen LogP contribution < -0.4 is 9.47 Å². The highest BCUT2D eigenvalue weighted by Crippen LogP contribution is 2.51. The van der Waals surface area contributed by atoms with Crippen molar-refractivity contribution in [2.24, 2.45) is 5.92 Å². The van der Waals surface area contributed by atoms with E-state index >= 15 is 0 Å². The number of aryl methyl sites for hydroxylation is 1. The summed E-state index contributed by atoms with van der Waals surface area (Å²) in [6.45, 7) is 10.4. The summed E-state index contributed by atoms with van der Waals surface area (Å²) in [6, 6.07) is 4.23. The fraction of sp³-hybridized carbons (Fsp3) is 0.609. The summed E-state index contributed by atoms with van der Waals surface area (Å²) in [5, 5.41) is 0. The number of carbonyl (C=O) groups excluding carboxylic acids is 1. The maximum absolute atomic E-state index is 11.7. The second-order valence-corrected chi connectivity index (χ2v) is 8.49. The van der Waals surface area contributed by atoms with E-state index in [-0.39, 0.29) is 17.5 Å². The summed E-state index contributed by atoms with van der Waals surface area (Å²) in [5.74, 6) is 1.94. The first-order chi connectivity index (χ1) is 12.3. The molecule has 0 saturated carbocycles. The van der Waals surface area contributed by atoms with E-state index in [0.29, 0.717) is 11.7 Å². The smallest absolute Gasteiger partial charge is 0.308 e. The van der Waals surface area contributed by atoms with Crippen LogP contribution in [-0.4, -0.2) is 12.1 Å². The molecule has 26 heavy (non-hydrogen) atoms. The molecule has 0 spiro atoms. The van der Waals surface area contributed by atoms with Gasteiger partial charge in [0, 0.05) is 17.9 Å². The molecule has 3 nitrogen and oxygen atoms in total. The number of fused-ring (bicyclic) bond motifs is 2. The zero-order valence-electron chi connectivity index (χ0n) is 16.9. The van der Waals surface area contributed by atoms with Crippen molar-refractivity contribution in [3.8, 4) is 11.5 Å². The standard InChI is InChI=1S/C23H32O3/c1-6-7-8-9-17-13-20(25-16(3)24)22-21(14-17)26-19-12-15(2)10-11-18(19)23(22,4)5/h11,13-15,19H,6-10,12H2,1-5H3. The molecule has 1 aromatic rings. The van der Waals surface area contributed by atoms with Crippen LogP contribution in [0.4, 0.5) is 0 Å². The Morgan fingerprint density at radius 2 is 2.08 bits per heavy atom. The molecule has 0 saturated heterocycles. The predicted octanol–water partition coefficient (Wildman–Crippen LogP) is 5.74. The molecule has 0 aromatic heterocycles. The number of hydrogen-bond acceptors (Lipinski definition) is 3. The van der Waals surface area contributed by atoms with Crippen molar-refractivity contribution in [1.82, 2.24) is 0 Å². The van der Waals surface area contributed by atoms with Crippen LogP contribution in [0.1, 0.15) is 77.8 Å². The molecule has 0 radical (unpaired) electrons. The first kappa shape index (κ1) is 19.0. The van der Waals surface area contributed by atoms with Crippen LogP contribution in [-0.2, 0) is 16.6 Å². The van der Waals surface area contributed by atoms with Gasteiger partial charge in [-0.25, -0.2) is 0 Å². The second-order valence-electron chi connectivity index (χ2n) is 8.49. The van der Waals surface area contributed by atoms with Crippen LogP contribution in [0.2, 0.25) is 0 Å². The van der Waals surface area contributed by atoms with Crippen LogP contribution in [0.5, 0.6) is 11.5 Å². The Bertz CT molecular complexity index is 714. The number of carbonyl (C=O) groups is 1. The number of rotatable bonds is 5. The Morgan fingerprint density at radius 1 is 1.31 bits per heavy atom. The van der Waals surface area contributed by atoms with E-state index in [0.717, 1.165) is 37.0 Å². The minimum absolute atomic E-state index is 0.136. The molecule has 3 rings (SSSR count). The molecule has 1 aliphatic heterocycles. The molecular weight excluding hydrogens is 324 g/mol. The van der Waals surface area contributed by atoms with Crippen LogP contribution in [0.15, 0.2) is 23.8 Å². The predicted molar refractivity (Wildman–Crippen MR) is 105 cm³/mol. The maximum Gasteiger partial charge on any atom is 0.308 e. The molecule has 1 aromatic carbocycles. The van der Waals surface area contributed by atoms with Gasteiger partial charge < -0.3 is 9.47 Å². The number of allylic oxidation sites excluding steroid dienone is 1. The van der Waals surface area contributed by atoms with Gasteiger partial charge in [-0.05, 0) is 54.9 Å². The molecule has 0 N–H and O–H groups in total. The summed E-state index contributed by atoms with van der Waals surface area (Å²) in [4.78, 5) is 11.7. The van der Waals surface area contributed by atoms with Gasteiger partial charge in [0.25, 0.3) is 0 Å². The highest BCUT2D eigenvalue weighted by atomic mass is 16.5. The fourth-order valence-electron chi connectivity index (χ4n) is 4.43. The topological polar surface area (TPSA) is 35.5 Å². The van der Waals surface area contributed by atoms with Crippen molar-refractivity contribution in [2.75, 3.05) is 0 Å². The summed E-state index contributed by atoms with van der Waals surface area (Å²) >= 11 is 0. The Hall–Kier alpha value is -1.77. The van der Waals surface area contributed by atoms with Gasteiger partial charge in [-0.2, -0.15) is 0 Å². The molecule has 3 heteroatoms. The van der Waals surface area contributed by atoms with E-state index < -0.39 is 0 Å². The SMILES string of the molecule is CCCCCc1cc(OC(C)=O)c2c(c1)OC1CC(C)CC=C1C2(C)C. The monoisotopic (exact) mass is 356 g/mol. The van der Waals surface area contributed by atoms with Crippen LogP contribution in [0.25, 0.3) is 0 Å². The van der Waals surface area contributed by atoms with Gasteiger partial charge in [-0.1, -0.05) is 46.6 Å². The third kappa shape index (κ3) is 3.67. The summed E-state index contributed by atoms with van der Waals surface area (Å²) in [5.41, 5.74) is 3.35. The van der Waals surface area contributed by atoms with Gasteiger partial charge >= 0.3 is 5.97 Å². The number of hydrogen-bond donors (Lipinski definition) is 0. The first-order valence-corrected chi connectivity index (χ1v) is 10.1. The quantitative estimate of drug-likeness (QED) is 0.292. The van der Waals surface area contributed by atoms with Gasteiger partial charge in [0.1, 0.15) is 17.6 Å². The lowest BCUT2D eigenvalue weighted by molar-refractivity contribution is -0.131. The lowest BCUT2D eigenvalue weighted by Crippen LogP contribution is -2.40. The number of unbranched alkanes of at least 4 members (excludes halogenated alkanes) is 2. The van der Waals surface area contributed by atoms with E-state index in [4.69, 9.17) is 9.47 Å². The minimum atomic E-state index is -0.276. The van der Waals surface area contributed by atoms with E-state index in [9.17, 15) is 4.79 Å². The van der Waals surface area contributed by atoms with Crippen molar-refractivity contribution in [3.63, 3.8) is 0 Å². The zero-order chi connectivity index (χ0) is 18.9. The molecule has 0 fully saturated rings. The van der Waals surface area contributed by atoms with E-state index in [1.165, 1.54) is 30.9 Å². The average Bonchev–Trinajstić information content (AvgIpc) is 2.53.